The maximum absolute atomic E-state index is 13.5. The van der Waals surface area contributed by atoms with Crippen LogP contribution >= 0.6 is 0 Å². The van der Waals surface area contributed by atoms with Crippen molar-refractivity contribution in [3.8, 4) is 0 Å². The molecule has 6 heteroatoms. The van der Waals surface area contributed by atoms with Gasteiger partial charge in [0.05, 0.1) is 28.2 Å². The molecule has 144 valence electrons. The minimum absolute atomic E-state index is 0.0515. The lowest BCUT2D eigenvalue weighted by molar-refractivity contribution is 0.0724. The highest BCUT2D eigenvalue weighted by molar-refractivity contribution is 6.10. The number of amides is 1. The van der Waals surface area contributed by atoms with E-state index in [-0.39, 0.29) is 17.7 Å². The highest BCUT2D eigenvalue weighted by atomic mass is 16.2. The summed E-state index contributed by atoms with van der Waals surface area (Å²) in [6.07, 6.45) is 4.03. The monoisotopic (exact) mass is 376 g/mol. The molecule has 2 aliphatic rings. The van der Waals surface area contributed by atoms with E-state index >= 15 is 0 Å². The smallest absolute Gasteiger partial charge is 0.257 e. The number of likely N-dealkylation sites (tertiary alicyclic amines) is 1. The second kappa shape index (κ2) is 6.33. The molecule has 3 heterocycles. The van der Waals surface area contributed by atoms with Crippen LogP contribution in [0.2, 0.25) is 0 Å². The quantitative estimate of drug-likeness (QED) is 0.709. The summed E-state index contributed by atoms with van der Waals surface area (Å²) in [5.74, 6) is 0.869. The summed E-state index contributed by atoms with van der Waals surface area (Å²) >= 11 is 0. The highest BCUT2D eigenvalue weighted by Gasteiger charge is 2.37. The first kappa shape index (κ1) is 17.2. The van der Waals surface area contributed by atoms with E-state index in [4.69, 9.17) is 4.98 Å². The Balaban J connectivity index is 1.53. The van der Waals surface area contributed by atoms with E-state index in [1.165, 1.54) is 5.56 Å². The molecule has 0 unspecified atom stereocenters. The Morgan fingerprint density at radius 2 is 2.04 bits per heavy atom. The van der Waals surface area contributed by atoms with Crippen molar-refractivity contribution in [2.45, 2.75) is 52.0 Å². The first-order valence-corrected chi connectivity index (χ1v) is 10.0. The maximum atomic E-state index is 13.5. The summed E-state index contributed by atoms with van der Waals surface area (Å²) < 4.78 is 0. The van der Waals surface area contributed by atoms with Crippen LogP contribution in [-0.4, -0.2) is 38.1 Å². The molecule has 0 saturated carbocycles. The predicted octanol–water partition coefficient (Wildman–Crippen LogP) is 4.00. The van der Waals surface area contributed by atoms with Crippen LogP contribution in [0.1, 0.15) is 75.2 Å². The zero-order chi connectivity index (χ0) is 19.4. The molecule has 0 spiro atoms. The van der Waals surface area contributed by atoms with E-state index < -0.39 is 0 Å². The molecule has 1 aliphatic heterocycles. The van der Waals surface area contributed by atoms with Crippen LogP contribution in [0.5, 0.6) is 0 Å². The van der Waals surface area contributed by atoms with Crippen LogP contribution < -0.4 is 0 Å². The fourth-order valence-corrected chi connectivity index (χ4v) is 4.74. The van der Waals surface area contributed by atoms with Crippen molar-refractivity contribution >= 4 is 22.7 Å². The fourth-order valence-electron chi connectivity index (χ4n) is 4.74. The summed E-state index contributed by atoms with van der Waals surface area (Å²) in [6, 6.07) is 6.06. The summed E-state index contributed by atoms with van der Waals surface area (Å²) in [6.45, 7) is 4.64. The number of aryl methyl sites for hydroxylation is 3. The van der Waals surface area contributed by atoms with Gasteiger partial charge >= 0.3 is 0 Å². The van der Waals surface area contributed by atoms with Crippen molar-refractivity contribution in [1.29, 1.82) is 0 Å². The molecular formula is C22H24N4O2. The molecule has 2 aromatic heterocycles. The number of aromatic amines is 2. The Labute approximate surface area is 163 Å². The van der Waals surface area contributed by atoms with Gasteiger partial charge in [-0.3, -0.25) is 9.59 Å². The number of nitrogens with one attached hydrogen (secondary N) is 2. The van der Waals surface area contributed by atoms with Crippen molar-refractivity contribution < 1.29 is 9.59 Å². The number of benzene rings is 1. The lowest BCUT2D eigenvalue weighted by Gasteiger charge is -2.24. The second-order valence-corrected chi connectivity index (χ2v) is 8.05. The molecule has 1 amide bonds. The normalized spacial score (nSPS) is 19.4. The van der Waals surface area contributed by atoms with E-state index in [0.717, 1.165) is 53.9 Å². The number of carbonyl (C=O) groups is 2. The number of H-pyrrole nitrogens is 2. The fraction of sp³-hybridized carbons (Fsp3) is 0.409. The summed E-state index contributed by atoms with van der Waals surface area (Å²) in [5, 5.41) is 0. The lowest BCUT2D eigenvalue weighted by atomic mass is 9.92. The van der Waals surface area contributed by atoms with E-state index in [0.29, 0.717) is 24.1 Å². The largest absolute Gasteiger partial charge is 0.361 e. The van der Waals surface area contributed by atoms with E-state index in [9.17, 15) is 9.59 Å². The second-order valence-electron chi connectivity index (χ2n) is 8.05. The van der Waals surface area contributed by atoms with Crippen molar-refractivity contribution in [3.05, 3.63) is 52.1 Å². The number of ketones is 1. The van der Waals surface area contributed by atoms with Gasteiger partial charge < -0.3 is 14.9 Å². The summed E-state index contributed by atoms with van der Waals surface area (Å²) in [5.41, 5.74) is 6.02. The first-order valence-electron chi connectivity index (χ1n) is 10.0. The van der Waals surface area contributed by atoms with Crippen molar-refractivity contribution in [2.75, 3.05) is 6.54 Å². The van der Waals surface area contributed by atoms with Crippen LogP contribution in [0.3, 0.4) is 0 Å². The van der Waals surface area contributed by atoms with Gasteiger partial charge in [-0.25, -0.2) is 4.98 Å². The third kappa shape index (κ3) is 2.58. The number of rotatable bonds is 2. The van der Waals surface area contributed by atoms with E-state index in [2.05, 4.69) is 23.0 Å². The Kier molecular flexibility index (Phi) is 3.89. The number of aromatic nitrogens is 3. The predicted molar refractivity (Wildman–Crippen MR) is 107 cm³/mol. The molecule has 6 nitrogen and oxygen atoms in total. The van der Waals surface area contributed by atoms with Crippen molar-refractivity contribution in [2.24, 2.45) is 0 Å². The van der Waals surface area contributed by atoms with Gasteiger partial charge in [0, 0.05) is 24.4 Å². The number of fused-ring (bicyclic) bond motifs is 2. The van der Waals surface area contributed by atoms with Crippen LogP contribution in [0, 0.1) is 13.8 Å². The first-order chi connectivity index (χ1) is 13.5. The third-order valence-corrected chi connectivity index (χ3v) is 6.07. The zero-order valence-corrected chi connectivity index (χ0v) is 16.3. The lowest BCUT2D eigenvalue weighted by Crippen LogP contribution is -2.32. The van der Waals surface area contributed by atoms with E-state index in [1.54, 1.807) is 0 Å². The van der Waals surface area contributed by atoms with Gasteiger partial charge in [0.15, 0.2) is 5.78 Å². The molecule has 1 atom stereocenters. The van der Waals surface area contributed by atoms with Gasteiger partial charge in [0.25, 0.3) is 5.91 Å². The van der Waals surface area contributed by atoms with Crippen LogP contribution in [0.25, 0.3) is 11.0 Å². The van der Waals surface area contributed by atoms with Crippen LogP contribution in [0.15, 0.2) is 18.2 Å². The average Bonchev–Trinajstić information content (AvgIpc) is 3.36. The molecule has 1 fully saturated rings. The maximum Gasteiger partial charge on any atom is 0.257 e. The molecule has 2 N–H and O–H groups in total. The van der Waals surface area contributed by atoms with Crippen molar-refractivity contribution in [1.82, 2.24) is 19.9 Å². The topological polar surface area (TPSA) is 81.8 Å². The number of imidazole rings is 1. The Morgan fingerprint density at radius 1 is 1.18 bits per heavy atom. The number of hydrogen-bond acceptors (Lipinski definition) is 3. The Morgan fingerprint density at radius 3 is 2.89 bits per heavy atom. The van der Waals surface area contributed by atoms with Gasteiger partial charge in [-0.15, -0.1) is 0 Å². The van der Waals surface area contributed by atoms with Crippen LogP contribution in [-0.2, 0) is 6.42 Å². The molecule has 5 rings (SSSR count). The minimum Gasteiger partial charge on any atom is -0.361 e. The standard InChI is InChI=1S/C22H24N4O2/c1-12-8-9-14-16(11-12)25-21(24-14)17-6-4-10-26(17)22(28)19-13(2)23-15-5-3-7-18(27)20(15)19/h8-9,11,17,23H,3-7,10H2,1-2H3,(H,24,25)/t17-/m0/s1. The van der Waals surface area contributed by atoms with Gasteiger partial charge in [-0.2, -0.15) is 0 Å². The van der Waals surface area contributed by atoms with Crippen LogP contribution in [0.4, 0.5) is 0 Å². The Hall–Kier alpha value is -2.89. The molecule has 0 bridgehead atoms. The minimum atomic E-state index is -0.0798. The van der Waals surface area contributed by atoms with Gasteiger partial charge in [-0.05, 0) is 57.2 Å². The Bertz CT molecular complexity index is 1110. The summed E-state index contributed by atoms with van der Waals surface area (Å²) in [7, 11) is 0. The molecule has 1 aromatic carbocycles. The van der Waals surface area contributed by atoms with Gasteiger partial charge in [0.1, 0.15) is 5.82 Å². The van der Waals surface area contributed by atoms with Gasteiger partial charge in [-0.1, -0.05) is 6.07 Å². The summed E-state index contributed by atoms with van der Waals surface area (Å²) in [4.78, 5) is 39.4. The molecular weight excluding hydrogens is 352 g/mol. The van der Waals surface area contributed by atoms with Crippen molar-refractivity contribution in [3.63, 3.8) is 0 Å². The van der Waals surface area contributed by atoms with E-state index in [1.807, 2.05) is 24.0 Å². The third-order valence-electron chi connectivity index (χ3n) is 6.07. The molecule has 28 heavy (non-hydrogen) atoms. The molecule has 1 aliphatic carbocycles. The highest BCUT2D eigenvalue weighted by Crippen LogP contribution is 2.35. The molecule has 0 radical (unpaired) electrons. The SMILES string of the molecule is Cc1ccc2nc([C@@H]3CCCN3C(=O)c3c(C)[nH]c4c3C(=O)CCC4)[nH]c2c1. The number of Topliss-reactive ketones (excluding diaryl/α,β-unsaturated/α-hetero) is 1. The van der Waals surface area contributed by atoms with Gasteiger partial charge in [0.2, 0.25) is 0 Å². The zero-order valence-electron chi connectivity index (χ0n) is 16.3. The molecule has 1 saturated heterocycles. The number of hydrogen-bond donors (Lipinski definition) is 2. The average molecular weight is 376 g/mol. The number of nitrogens with zero attached hydrogens (tertiary/aromatic N) is 2. The molecule has 3 aromatic rings. The number of carbonyl (C=O) groups excluding carboxylic acids is 2.